The summed E-state index contributed by atoms with van der Waals surface area (Å²) in [5, 5.41) is 0. The van der Waals surface area contributed by atoms with E-state index in [0.29, 0.717) is 0 Å². The van der Waals surface area contributed by atoms with Crippen molar-refractivity contribution in [1.29, 1.82) is 0 Å². The number of aromatic nitrogens is 1. The fourth-order valence-electron chi connectivity index (χ4n) is 3.68. The number of Topliss-reactive ketones (excluding diaryl/α,β-unsaturated/α-hetero) is 1. The molecule has 1 aromatic carbocycles. The number of carbonyl (C=O) groups excluding carboxylic acids is 1. The van der Waals surface area contributed by atoms with Crippen LogP contribution in [0.25, 0.3) is 0 Å². The van der Waals surface area contributed by atoms with Crippen molar-refractivity contribution in [2.45, 2.75) is 40.7 Å². The average molecular weight is 389 g/mol. The maximum atomic E-state index is 12.1. The Morgan fingerprint density at radius 3 is 2.48 bits per heavy atom. The lowest BCUT2D eigenvalue weighted by Gasteiger charge is -2.23. The van der Waals surface area contributed by atoms with Crippen molar-refractivity contribution in [3.05, 3.63) is 44.7 Å². The number of aryl methyl sites for hydroxylation is 2. The number of morpholine rings is 1. The van der Waals surface area contributed by atoms with E-state index in [-0.39, 0.29) is 5.78 Å². The topological polar surface area (TPSA) is 48.0 Å². The van der Waals surface area contributed by atoms with E-state index in [9.17, 15) is 4.79 Å². The van der Waals surface area contributed by atoms with Crippen LogP contribution < -0.4 is 9.70 Å². The van der Waals surface area contributed by atoms with Gasteiger partial charge in [0.2, 0.25) is 0 Å². The SMILES string of the molecule is CC(=O)c1sc(=Nc2cc(C)cc(C)c2)n(CCC[NH+]2CCOCC2)c1C. The number of nitrogens with one attached hydrogen (secondary N) is 1. The van der Waals surface area contributed by atoms with E-state index in [1.54, 1.807) is 11.8 Å². The Hall–Kier alpha value is -1.76. The Labute approximate surface area is 165 Å². The summed E-state index contributed by atoms with van der Waals surface area (Å²) < 4.78 is 7.66. The fourth-order valence-corrected chi connectivity index (χ4v) is 4.76. The van der Waals surface area contributed by atoms with Gasteiger partial charge in [-0.05, 0) is 44.0 Å². The summed E-state index contributed by atoms with van der Waals surface area (Å²) in [5.41, 5.74) is 4.40. The van der Waals surface area contributed by atoms with Crippen LogP contribution in [0.1, 0.15) is 39.8 Å². The monoisotopic (exact) mass is 388 g/mol. The molecule has 146 valence electrons. The van der Waals surface area contributed by atoms with Gasteiger partial charge >= 0.3 is 0 Å². The van der Waals surface area contributed by atoms with Crippen molar-refractivity contribution >= 4 is 22.8 Å². The van der Waals surface area contributed by atoms with Crippen LogP contribution in [0.4, 0.5) is 5.69 Å². The molecule has 0 unspecified atom stereocenters. The molecule has 0 atom stereocenters. The molecule has 0 amide bonds. The number of hydrogen-bond donors (Lipinski definition) is 1. The Balaban J connectivity index is 1.86. The van der Waals surface area contributed by atoms with Crippen molar-refractivity contribution in [1.82, 2.24) is 4.57 Å². The highest BCUT2D eigenvalue weighted by Gasteiger charge is 2.16. The number of benzene rings is 1. The maximum absolute atomic E-state index is 12.1. The van der Waals surface area contributed by atoms with Crippen molar-refractivity contribution < 1.29 is 14.4 Å². The minimum Gasteiger partial charge on any atom is -0.370 e. The van der Waals surface area contributed by atoms with E-state index >= 15 is 0 Å². The number of quaternary nitrogens is 1. The molecule has 1 aliphatic heterocycles. The number of carbonyl (C=O) groups is 1. The van der Waals surface area contributed by atoms with Gasteiger partial charge in [-0.15, -0.1) is 0 Å². The summed E-state index contributed by atoms with van der Waals surface area (Å²) in [7, 11) is 0. The van der Waals surface area contributed by atoms with Crippen LogP contribution in [0.15, 0.2) is 23.2 Å². The molecule has 1 saturated heterocycles. The first-order chi connectivity index (χ1) is 12.9. The van der Waals surface area contributed by atoms with Gasteiger partial charge < -0.3 is 14.2 Å². The number of rotatable bonds is 6. The molecule has 5 nitrogen and oxygen atoms in total. The van der Waals surface area contributed by atoms with E-state index in [4.69, 9.17) is 9.73 Å². The maximum Gasteiger partial charge on any atom is 0.190 e. The third-order valence-corrected chi connectivity index (χ3v) is 6.30. The van der Waals surface area contributed by atoms with E-state index in [1.807, 2.05) is 6.92 Å². The Kier molecular flexibility index (Phi) is 6.63. The van der Waals surface area contributed by atoms with Gasteiger partial charge in [-0.3, -0.25) is 4.79 Å². The first-order valence-corrected chi connectivity index (χ1v) is 10.5. The van der Waals surface area contributed by atoms with Crippen molar-refractivity contribution in [2.24, 2.45) is 4.99 Å². The summed E-state index contributed by atoms with van der Waals surface area (Å²) in [6, 6.07) is 6.34. The van der Waals surface area contributed by atoms with Gasteiger partial charge in [0, 0.05) is 25.6 Å². The molecule has 3 rings (SSSR count). The van der Waals surface area contributed by atoms with E-state index < -0.39 is 0 Å². The third-order valence-electron chi connectivity index (χ3n) is 5.02. The summed E-state index contributed by atoms with van der Waals surface area (Å²) in [6.07, 6.45) is 1.07. The van der Waals surface area contributed by atoms with Crippen LogP contribution in [-0.2, 0) is 11.3 Å². The first kappa shape index (κ1) is 20.0. The fraction of sp³-hybridized carbons (Fsp3) is 0.524. The first-order valence-electron chi connectivity index (χ1n) is 9.69. The Morgan fingerprint density at radius 1 is 1.19 bits per heavy atom. The highest BCUT2D eigenvalue weighted by atomic mass is 32.1. The van der Waals surface area contributed by atoms with Crippen molar-refractivity contribution in [2.75, 3.05) is 32.8 Å². The molecule has 1 fully saturated rings. The summed E-state index contributed by atoms with van der Waals surface area (Å²) in [6.45, 7) is 13.8. The van der Waals surface area contributed by atoms with Gasteiger partial charge in [0.05, 0.1) is 30.3 Å². The lowest BCUT2D eigenvalue weighted by atomic mass is 10.1. The molecule has 0 radical (unpaired) electrons. The van der Waals surface area contributed by atoms with Gasteiger partial charge in [-0.1, -0.05) is 17.4 Å². The molecule has 1 aromatic heterocycles. The molecule has 0 aliphatic carbocycles. The van der Waals surface area contributed by atoms with Gasteiger partial charge in [0.15, 0.2) is 10.6 Å². The molecule has 0 spiro atoms. The van der Waals surface area contributed by atoms with E-state index in [2.05, 4.69) is 36.6 Å². The molecule has 2 heterocycles. The molecule has 1 aliphatic rings. The summed E-state index contributed by atoms with van der Waals surface area (Å²) in [5.74, 6) is 0.118. The van der Waals surface area contributed by atoms with Crippen LogP contribution in [0.5, 0.6) is 0 Å². The second-order valence-corrected chi connectivity index (χ2v) is 8.41. The van der Waals surface area contributed by atoms with Gasteiger partial charge in [0.25, 0.3) is 0 Å². The number of nitrogens with zero attached hydrogens (tertiary/aromatic N) is 2. The van der Waals surface area contributed by atoms with Crippen molar-refractivity contribution in [3.63, 3.8) is 0 Å². The molecular formula is C21H30N3O2S+. The standard InChI is InChI=1S/C21H29N3O2S/c1-15-12-16(2)14-19(13-15)22-21-24(17(3)20(27-21)18(4)25)7-5-6-23-8-10-26-11-9-23/h12-14H,5-11H2,1-4H3/p+1. The van der Waals surface area contributed by atoms with E-state index in [1.165, 1.54) is 22.5 Å². The molecule has 6 heteroatoms. The van der Waals surface area contributed by atoms with Crippen LogP contribution >= 0.6 is 11.3 Å². The predicted molar refractivity (Wildman–Crippen MR) is 109 cm³/mol. The highest BCUT2D eigenvalue weighted by Crippen LogP contribution is 2.18. The number of hydrogen-bond acceptors (Lipinski definition) is 4. The average Bonchev–Trinajstić information content (AvgIpc) is 2.91. The predicted octanol–water partition coefficient (Wildman–Crippen LogP) is 2.22. The molecule has 2 aromatic rings. The lowest BCUT2D eigenvalue weighted by molar-refractivity contribution is -0.908. The minimum atomic E-state index is 0.118. The molecule has 0 saturated carbocycles. The number of ketones is 1. The van der Waals surface area contributed by atoms with Gasteiger partial charge in [0.1, 0.15) is 13.1 Å². The zero-order valence-corrected chi connectivity index (χ0v) is 17.6. The smallest absolute Gasteiger partial charge is 0.190 e. The molecular weight excluding hydrogens is 358 g/mol. The zero-order valence-electron chi connectivity index (χ0n) is 16.8. The normalized spacial score (nSPS) is 16.1. The van der Waals surface area contributed by atoms with Crippen LogP contribution in [0.3, 0.4) is 0 Å². The summed E-state index contributed by atoms with van der Waals surface area (Å²) >= 11 is 1.51. The number of ether oxygens (including phenoxy) is 1. The second-order valence-electron chi connectivity index (χ2n) is 7.43. The lowest BCUT2D eigenvalue weighted by Crippen LogP contribution is -3.14. The largest absolute Gasteiger partial charge is 0.370 e. The second kappa shape index (κ2) is 8.95. The third kappa shape index (κ3) is 5.15. The van der Waals surface area contributed by atoms with Gasteiger partial charge in [-0.2, -0.15) is 0 Å². The van der Waals surface area contributed by atoms with Gasteiger partial charge in [-0.25, -0.2) is 4.99 Å². The van der Waals surface area contributed by atoms with Crippen LogP contribution in [0.2, 0.25) is 0 Å². The highest BCUT2D eigenvalue weighted by molar-refractivity contribution is 7.11. The Bertz CT molecular complexity index is 856. The number of thiazole rings is 1. The minimum absolute atomic E-state index is 0.118. The quantitative estimate of drug-likeness (QED) is 0.772. The van der Waals surface area contributed by atoms with Crippen LogP contribution in [0, 0.1) is 20.8 Å². The van der Waals surface area contributed by atoms with Crippen molar-refractivity contribution in [3.8, 4) is 0 Å². The van der Waals surface area contributed by atoms with E-state index in [0.717, 1.165) is 66.9 Å². The summed E-state index contributed by atoms with van der Waals surface area (Å²) in [4.78, 5) is 20.3. The zero-order chi connectivity index (χ0) is 19.4. The molecule has 0 bridgehead atoms. The molecule has 1 N–H and O–H groups in total. The Morgan fingerprint density at radius 2 is 1.85 bits per heavy atom. The molecule has 27 heavy (non-hydrogen) atoms. The van der Waals surface area contributed by atoms with Crippen LogP contribution in [-0.4, -0.2) is 43.2 Å².